The molecule has 1 aliphatic heterocycles. The second kappa shape index (κ2) is 6.38. The number of methoxy groups -OCH3 is 2. The first-order valence-electron chi connectivity index (χ1n) is 6.17. The van der Waals surface area contributed by atoms with E-state index in [4.69, 9.17) is 9.47 Å². The maximum atomic E-state index is 5.41. The molecule has 1 aromatic rings. The lowest BCUT2D eigenvalue weighted by atomic mass is 10.1. The predicted octanol–water partition coefficient (Wildman–Crippen LogP) is 2.46. The number of hydrogen-bond donors (Lipinski definition) is 0. The first kappa shape index (κ1) is 13.6. The maximum Gasteiger partial charge on any atom is 0.183 e. The molecule has 2 heterocycles. The molecule has 1 unspecified atom stereocenters. The molecule has 0 bridgehead atoms. The number of alkyl halides is 1. The summed E-state index contributed by atoms with van der Waals surface area (Å²) in [5.74, 6) is 1.49. The van der Waals surface area contributed by atoms with Gasteiger partial charge in [0, 0.05) is 30.2 Å². The van der Waals surface area contributed by atoms with Gasteiger partial charge in [0.05, 0.1) is 14.2 Å². The first-order valence-corrected chi connectivity index (χ1v) is 7.08. The van der Waals surface area contributed by atoms with E-state index >= 15 is 0 Å². The molecule has 1 aliphatic rings. The third kappa shape index (κ3) is 3.14. The minimum absolute atomic E-state index is 0.586. The van der Waals surface area contributed by atoms with Crippen molar-refractivity contribution < 1.29 is 9.47 Å². The Balaban J connectivity index is 2.12. The van der Waals surface area contributed by atoms with E-state index in [-0.39, 0.29) is 0 Å². The van der Waals surface area contributed by atoms with Gasteiger partial charge in [-0.15, -0.1) is 0 Å². The SMILES string of the molecule is COc1ccnc(CN2CCCC(Br)C2)c1OC. The zero-order valence-electron chi connectivity index (χ0n) is 10.9. The van der Waals surface area contributed by atoms with E-state index in [1.165, 1.54) is 12.8 Å². The summed E-state index contributed by atoms with van der Waals surface area (Å²) in [5.41, 5.74) is 0.943. The molecular formula is C13H19BrN2O2. The van der Waals surface area contributed by atoms with Crippen molar-refractivity contribution in [3.8, 4) is 11.5 Å². The second-order valence-corrected chi connectivity index (χ2v) is 5.76. The normalized spacial score (nSPS) is 20.7. The maximum absolute atomic E-state index is 5.41. The van der Waals surface area contributed by atoms with Crippen LogP contribution in [0.25, 0.3) is 0 Å². The molecular weight excluding hydrogens is 296 g/mol. The molecule has 5 heteroatoms. The highest BCUT2D eigenvalue weighted by atomic mass is 79.9. The van der Waals surface area contributed by atoms with Crippen LogP contribution in [0, 0.1) is 0 Å². The van der Waals surface area contributed by atoms with Gasteiger partial charge < -0.3 is 9.47 Å². The number of rotatable bonds is 4. The van der Waals surface area contributed by atoms with Crippen LogP contribution in [0.1, 0.15) is 18.5 Å². The van der Waals surface area contributed by atoms with E-state index in [9.17, 15) is 0 Å². The van der Waals surface area contributed by atoms with E-state index in [2.05, 4.69) is 25.8 Å². The number of hydrogen-bond acceptors (Lipinski definition) is 4. The largest absolute Gasteiger partial charge is 0.493 e. The zero-order valence-corrected chi connectivity index (χ0v) is 12.4. The van der Waals surface area contributed by atoms with Crippen molar-refractivity contribution in [1.82, 2.24) is 9.88 Å². The average Bonchev–Trinajstić information content (AvgIpc) is 2.38. The smallest absolute Gasteiger partial charge is 0.183 e. The van der Waals surface area contributed by atoms with Crippen LogP contribution in [0.2, 0.25) is 0 Å². The lowest BCUT2D eigenvalue weighted by Gasteiger charge is -2.29. The van der Waals surface area contributed by atoms with E-state index in [0.29, 0.717) is 4.83 Å². The van der Waals surface area contributed by atoms with Crippen molar-refractivity contribution >= 4 is 15.9 Å². The Bertz CT molecular complexity index is 401. The summed E-state index contributed by atoms with van der Waals surface area (Å²) >= 11 is 3.69. The molecule has 4 nitrogen and oxygen atoms in total. The summed E-state index contributed by atoms with van der Waals surface area (Å²) in [6, 6.07) is 1.83. The first-order chi connectivity index (χ1) is 8.74. The van der Waals surface area contributed by atoms with Crippen LogP contribution < -0.4 is 9.47 Å². The Hall–Kier alpha value is -0.810. The van der Waals surface area contributed by atoms with Gasteiger partial charge in [0.15, 0.2) is 11.5 Å². The van der Waals surface area contributed by atoms with Crippen LogP contribution in [0.4, 0.5) is 0 Å². The summed E-state index contributed by atoms with van der Waals surface area (Å²) < 4.78 is 10.7. The van der Waals surface area contributed by atoms with Crippen LogP contribution in [-0.4, -0.2) is 42.0 Å². The van der Waals surface area contributed by atoms with Gasteiger partial charge in [0.2, 0.25) is 0 Å². The quantitative estimate of drug-likeness (QED) is 0.800. The third-order valence-corrected chi connectivity index (χ3v) is 3.93. The van der Waals surface area contributed by atoms with Crippen molar-refractivity contribution in [3.63, 3.8) is 0 Å². The van der Waals surface area contributed by atoms with Crippen LogP contribution in [-0.2, 0) is 6.54 Å². The van der Waals surface area contributed by atoms with Gasteiger partial charge in [0.25, 0.3) is 0 Å². The van der Waals surface area contributed by atoms with Gasteiger partial charge in [-0.3, -0.25) is 9.88 Å². The number of piperidine rings is 1. The van der Waals surface area contributed by atoms with Gasteiger partial charge in [-0.2, -0.15) is 0 Å². The fraction of sp³-hybridized carbons (Fsp3) is 0.615. The second-order valence-electron chi connectivity index (χ2n) is 4.47. The molecule has 0 radical (unpaired) electrons. The Labute approximate surface area is 116 Å². The highest BCUT2D eigenvalue weighted by molar-refractivity contribution is 9.09. The molecule has 0 aliphatic carbocycles. The molecule has 2 rings (SSSR count). The van der Waals surface area contributed by atoms with Crippen LogP contribution in [0.15, 0.2) is 12.3 Å². The predicted molar refractivity (Wildman–Crippen MR) is 74.6 cm³/mol. The summed E-state index contributed by atoms with van der Waals surface area (Å²) in [5, 5.41) is 0. The molecule has 0 amide bonds. The Morgan fingerprint density at radius 2 is 2.28 bits per heavy atom. The Morgan fingerprint density at radius 3 is 2.94 bits per heavy atom. The molecule has 100 valence electrons. The van der Waals surface area contributed by atoms with Gasteiger partial charge in [-0.25, -0.2) is 0 Å². The molecule has 1 fully saturated rings. The number of nitrogens with zero attached hydrogens (tertiary/aromatic N) is 2. The summed E-state index contributed by atoms with van der Waals surface area (Å²) in [7, 11) is 3.31. The monoisotopic (exact) mass is 314 g/mol. The van der Waals surface area contributed by atoms with Crippen LogP contribution >= 0.6 is 15.9 Å². The van der Waals surface area contributed by atoms with Crippen molar-refractivity contribution in [2.45, 2.75) is 24.2 Å². The van der Waals surface area contributed by atoms with E-state index in [0.717, 1.165) is 36.8 Å². The molecule has 0 N–H and O–H groups in total. The highest BCUT2D eigenvalue weighted by Gasteiger charge is 2.20. The summed E-state index contributed by atoms with van der Waals surface area (Å²) in [6.45, 7) is 2.98. The van der Waals surface area contributed by atoms with Crippen LogP contribution in [0.3, 0.4) is 0 Å². The molecule has 18 heavy (non-hydrogen) atoms. The minimum Gasteiger partial charge on any atom is -0.493 e. The lowest BCUT2D eigenvalue weighted by molar-refractivity contribution is 0.221. The summed E-state index contributed by atoms with van der Waals surface area (Å²) in [4.78, 5) is 7.40. The standard InChI is InChI=1S/C13H19BrN2O2/c1-17-12-5-6-15-11(13(12)18-2)9-16-7-3-4-10(14)8-16/h5-6,10H,3-4,7-9H2,1-2H3. The number of ether oxygens (including phenoxy) is 2. The molecule has 1 saturated heterocycles. The van der Waals surface area contributed by atoms with Crippen molar-refractivity contribution in [3.05, 3.63) is 18.0 Å². The zero-order chi connectivity index (χ0) is 13.0. The number of halogens is 1. The third-order valence-electron chi connectivity index (χ3n) is 3.19. The average molecular weight is 315 g/mol. The molecule has 0 saturated carbocycles. The molecule has 0 aromatic carbocycles. The van der Waals surface area contributed by atoms with Crippen LogP contribution in [0.5, 0.6) is 11.5 Å². The summed E-state index contributed by atoms with van der Waals surface area (Å²) in [6.07, 6.45) is 4.24. The van der Waals surface area contributed by atoms with Gasteiger partial charge >= 0.3 is 0 Å². The molecule has 0 spiro atoms. The van der Waals surface area contributed by atoms with Gasteiger partial charge in [0.1, 0.15) is 5.69 Å². The van der Waals surface area contributed by atoms with E-state index in [1.807, 2.05) is 6.07 Å². The minimum atomic E-state index is 0.586. The Kier molecular flexibility index (Phi) is 4.83. The number of aromatic nitrogens is 1. The fourth-order valence-electron chi connectivity index (χ4n) is 2.32. The highest BCUT2D eigenvalue weighted by Crippen LogP contribution is 2.30. The van der Waals surface area contributed by atoms with Crippen molar-refractivity contribution in [1.29, 1.82) is 0 Å². The van der Waals surface area contributed by atoms with E-state index < -0.39 is 0 Å². The van der Waals surface area contributed by atoms with Gasteiger partial charge in [-0.1, -0.05) is 15.9 Å². The molecule has 1 atom stereocenters. The lowest BCUT2D eigenvalue weighted by Crippen LogP contribution is -2.35. The van der Waals surface area contributed by atoms with Crippen molar-refractivity contribution in [2.75, 3.05) is 27.3 Å². The number of pyridine rings is 1. The van der Waals surface area contributed by atoms with Gasteiger partial charge in [-0.05, 0) is 19.4 Å². The Morgan fingerprint density at radius 1 is 1.44 bits per heavy atom. The van der Waals surface area contributed by atoms with E-state index in [1.54, 1.807) is 20.4 Å². The van der Waals surface area contributed by atoms with Crippen molar-refractivity contribution in [2.24, 2.45) is 0 Å². The topological polar surface area (TPSA) is 34.6 Å². The molecule has 1 aromatic heterocycles. The fourth-order valence-corrected chi connectivity index (χ4v) is 3.05. The number of likely N-dealkylation sites (tertiary alicyclic amines) is 1.